The molecule has 0 saturated heterocycles. The van der Waals surface area contributed by atoms with Crippen molar-refractivity contribution >= 4 is 60.2 Å². The van der Waals surface area contributed by atoms with Crippen LogP contribution >= 0.6 is 31.9 Å². The van der Waals surface area contributed by atoms with E-state index < -0.39 is 5.63 Å². The van der Waals surface area contributed by atoms with Crippen molar-refractivity contribution in [3.05, 3.63) is 67.7 Å². The van der Waals surface area contributed by atoms with E-state index in [-0.39, 0.29) is 23.8 Å². The van der Waals surface area contributed by atoms with Crippen molar-refractivity contribution in [1.29, 1.82) is 0 Å². The van der Waals surface area contributed by atoms with E-state index in [2.05, 4.69) is 37.2 Å². The highest BCUT2D eigenvalue weighted by Crippen LogP contribution is 2.28. The van der Waals surface area contributed by atoms with Gasteiger partial charge in [0, 0.05) is 22.8 Å². The van der Waals surface area contributed by atoms with Gasteiger partial charge in [0.1, 0.15) is 11.3 Å². The Labute approximate surface area is 165 Å². The minimum atomic E-state index is -0.691. The molecule has 26 heavy (non-hydrogen) atoms. The summed E-state index contributed by atoms with van der Waals surface area (Å²) >= 11 is 6.71. The van der Waals surface area contributed by atoms with E-state index in [0.29, 0.717) is 21.1 Å². The van der Waals surface area contributed by atoms with Crippen LogP contribution in [0.15, 0.2) is 60.9 Å². The van der Waals surface area contributed by atoms with Crippen molar-refractivity contribution in [2.45, 2.75) is 13.5 Å². The molecule has 132 valence electrons. The molecule has 0 fully saturated rings. The Morgan fingerprint density at radius 2 is 2.00 bits per heavy atom. The number of nitrogens with zero attached hydrogens (tertiary/aromatic N) is 1. The van der Waals surface area contributed by atoms with Crippen LogP contribution in [0, 0.1) is 0 Å². The van der Waals surface area contributed by atoms with Crippen LogP contribution in [-0.2, 0) is 11.3 Å². The Morgan fingerprint density at radius 1 is 1.23 bits per heavy atom. The van der Waals surface area contributed by atoms with E-state index in [9.17, 15) is 14.4 Å². The standard InChI is InChI=1S/C18H12Br2N2O4/c1-10(23)21-13-3-2-4-22(8-13)9-16(24)14-6-11-5-12(19)7-15(20)17(11)26-18(14)25/h2-8H,9H2,1H3/p+1. The zero-order valence-corrected chi connectivity index (χ0v) is 16.8. The molecule has 3 aromatic rings. The number of anilines is 1. The van der Waals surface area contributed by atoms with Crippen molar-refractivity contribution in [3.8, 4) is 0 Å². The summed E-state index contributed by atoms with van der Waals surface area (Å²) in [6.45, 7) is 1.35. The zero-order valence-electron chi connectivity index (χ0n) is 13.6. The van der Waals surface area contributed by atoms with Gasteiger partial charge in [-0.2, -0.15) is 4.57 Å². The molecule has 8 heteroatoms. The number of hydrogen-bond acceptors (Lipinski definition) is 4. The van der Waals surface area contributed by atoms with E-state index in [4.69, 9.17) is 4.42 Å². The predicted octanol–water partition coefficient (Wildman–Crippen LogP) is 3.45. The summed E-state index contributed by atoms with van der Waals surface area (Å²) in [5.74, 6) is -0.595. The third kappa shape index (κ3) is 4.08. The van der Waals surface area contributed by atoms with E-state index in [0.717, 1.165) is 4.47 Å². The van der Waals surface area contributed by atoms with Gasteiger partial charge in [-0.05, 0) is 40.2 Å². The summed E-state index contributed by atoms with van der Waals surface area (Å²) in [7, 11) is 0. The molecular weight excluding hydrogens is 468 g/mol. The normalized spacial score (nSPS) is 10.7. The molecule has 0 atom stereocenters. The average Bonchev–Trinajstić information content (AvgIpc) is 2.54. The lowest BCUT2D eigenvalue weighted by Gasteiger charge is -2.04. The summed E-state index contributed by atoms with van der Waals surface area (Å²) in [6.07, 6.45) is 3.30. The zero-order chi connectivity index (χ0) is 18.8. The number of hydrogen-bond donors (Lipinski definition) is 1. The Bertz CT molecular complexity index is 1090. The first-order chi connectivity index (χ1) is 12.3. The number of carbonyl (C=O) groups is 2. The number of nitrogens with one attached hydrogen (secondary N) is 1. The molecule has 1 amide bonds. The molecule has 0 radical (unpaired) electrons. The van der Waals surface area contributed by atoms with Crippen LogP contribution in [0.1, 0.15) is 17.3 Å². The number of rotatable bonds is 4. The first-order valence-corrected chi connectivity index (χ1v) is 9.15. The van der Waals surface area contributed by atoms with Crippen LogP contribution in [0.2, 0.25) is 0 Å². The number of fused-ring (bicyclic) bond motifs is 1. The van der Waals surface area contributed by atoms with Gasteiger partial charge in [0.25, 0.3) is 0 Å². The largest absolute Gasteiger partial charge is 0.421 e. The SMILES string of the molecule is CC(=O)Nc1ccc[n+](CC(=O)c2cc3cc(Br)cc(Br)c3oc2=O)c1. The maximum absolute atomic E-state index is 12.6. The third-order valence-electron chi connectivity index (χ3n) is 3.56. The quantitative estimate of drug-likeness (QED) is 0.352. The average molecular weight is 481 g/mol. The number of halogens is 2. The van der Waals surface area contributed by atoms with E-state index in [1.54, 1.807) is 41.2 Å². The second-order valence-corrected chi connectivity index (χ2v) is 7.39. The summed E-state index contributed by atoms with van der Waals surface area (Å²) in [5, 5.41) is 3.28. The Hall–Kier alpha value is -2.32. The van der Waals surface area contributed by atoms with Gasteiger partial charge in [0.05, 0.1) is 4.47 Å². The van der Waals surface area contributed by atoms with Gasteiger partial charge in [0.15, 0.2) is 18.0 Å². The number of aromatic nitrogens is 1. The molecule has 0 aliphatic rings. The fraction of sp³-hybridized carbons (Fsp3) is 0.111. The number of pyridine rings is 1. The van der Waals surface area contributed by atoms with Crippen LogP contribution in [0.5, 0.6) is 0 Å². The van der Waals surface area contributed by atoms with Gasteiger partial charge < -0.3 is 9.73 Å². The molecule has 0 aliphatic carbocycles. The number of amides is 1. The number of benzene rings is 1. The summed E-state index contributed by atoms with van der Waals surface area (Å²) in [5.41, 5.74) is 0.227. The monoisotopic (exact) mass is 479 g/mol. The molecule has 6 nitrogen and oxygen atoms in total. The highest BCUT2D eigenvalue weighted by Gasteiger charge is 2.19. The number of carbonyl (C=O) groups excluding carboxylic acids is 2. The van der Waals surface area contributed by atoms with Crippen molar-refractivity contribution in [2.24, 2.45) is 0 Å². The molecule has 2 aromatic heterocycles. The van der Waals surface area contributed by atoms with Gasteiger partial charge in [-0.3, -0.25) is 9.59 Å². The topological polar surface area (TPSA) is 80.3 Å². The lowest BCUT2D eigenvalue weighted by atomic mass is 10.1. The van der Waals surface area contributed by atoms with Gasteiger partial charge in [-0.1, -0.05) is 15.9 Å². The fourth-order valence-corrected chi connectivity index (χ4v) is 3.84. The summed E-state index contributed by atoms with van der Waals surface area (Å²) in [4.78, 5) is 36.0. The van der Waals surface area contributed by atoms with E-state index in [1.165, 1.54) is 13.0 Å². The lowest BCUT2D eigenvalue weighted by molar-refractivity contribution is -0.682. The summed E-state index contributed by atoms with van der Waals surface area (Å²) in [6, 6.07) is 8.47. The maximum Gasteiger partial charge on any atom is 0.347 e. The van der Waals surface area contributed by atoms with Crippen molar-refractivity contribution in [1.82, 2.24) is 0 Å². The van der Waals surface area contributed by atoms with Gasteiger partial charge >= 0.3 is 5.63 Å². The molecule has 0 unspecified atom stereocenters. The Morgan fingerprint density at radius 3 is 2.73 bits per heavy atom. The van der Waals surface area contributed by atoms with Crippen LogP contribution < -0.4 is 15.5 Å². The second kappa shape index (κ2) is 7.51. The molecule has 0 bridgehead atoms. The number of Topliss-reactive ketones (excluding diaryl/α,β-unsaturated/α-hetero) is 1. The molecule has 1 N–H and O–H groups in total. The highest BCUT2D eigenvalue weighted by atomic mass is 79.9. The van der Waals surface area contributed by atoms with Crippen LogP contribution in [0.25, 0.3) is 11.0 Å². The van der Waals surface area contributed by atoms with Crippen molar-refractivity contribution in [3.63, 3.8) is 0 Å². The fourth-order valence-electron chi connectivity index (χ4n) is 2.50. The van der Waals surface area contributed by atoms with E-state index in [1.807, 2.05) is 0 Å². The van der Waals surface area contributed by atoms with Crippen LogP contribution in [0.4, 0.5) is 5.69 Å². The lowest BCUT2D eigenvalue weighted by Crippen LogP contribution is -2.38. The van der Waals surface area contributed by atoms with Crippen molar-refractivity contribution in [2.75, 3.05) is 5.32 Å². The molecule has 0 spiro atoms. The first-order valence-electron chi connectivity index (χ1n) is 7.56. The van der Waals surface area contributed by atoms with Crippen LogP contribution in [0.3, 0.4) is 0 Å². The molecule has 0 aliphatic heterocycles. The van der Waals surface area contributed by atoms with Gasteiger partial charge in [-0.25, -0.2) is 4.79 Å². The minimum Gasteiger partial charge on any atom is -0.421 e. The molecule has 2 heterocycles. The highest BCUT2D eigenvalue weighted by molar-refractivity contribution is 9.11. The second-order valence-electron chi connectivity index (χ2n) is 5.62. The number of ketones is 1. The van der Waals surface area contributed by atoms with Gasteiger partial charge in [0.2, 0.25) is 18.2 Å². The molecule has 3 rings (SSSR count). The Kier molecular flexibility index (Phi) is 5.33. The predicted molar refractivity (Wildman–Crippen MR) is 103 cm³/mol. The Balaban J connectivity index is 1.94. The van der Waals surface area contributed by atoms with Crippen molar-refractivity contribution < 1.29 is 18.6 Å². The smallest absolute Gasteiger partial charge is 0.347 e. The van der Waals surface area contributed by atoms with Crippen LogP contribution in [-0.4, -0.2) is 11.7 Å². The molecule has 0 saturated carbocycles. The maximum atomic E-state index is 12.6. The first kappa shape index (κ1) is 18.5. The third-order valence-corrected chi connectivity index (χ3v) is 4.60. The van der Waals surface area contributed by atoms with E-state index >= 15 is 0 Å². The molecular formula is C18H13Br2N2O4+. The van der Waals surface area contributed by atoms with Gasteiger partial charge in [-0.15, -0.1) is 0 Å². The minimum absolute atomic E-state index is 0.0278. The molecule has 1 aromatic carbocycles. The summed E-state index contributed by atoms with van der Waals surface area (Å²) < 4.78 is 8.31.